The van der Waals surface area contributed by atoms with Crippen LogP contribution in [0.4, 0.5) is 0 Å². The highest BCUT2D eigenvalue weighted by atomic mass is 16.5. The maximum atomic E-state index is 11.6. The third kappa shape index (κ3) is 2.93. The van der Waals surface area contributed by atoms with E-state index in [2.05, 4.69) is 9.97 Å². The molecule has 0 atom stereocenters. The van der Waals surface area contributed by atoms with Gasteiger partial charge in [-0.25, -0.2) is 4.98 Å². The number of carbonyl (C=O) groups is 2. The van der Waals surface area contributed by atoms with Gasteiger partial charge in [0.05, 0.1) is 17.8 Å². The number of nitrogens with zero attached hydrogens (tertiary/aromatic N) is 1. The molecule has 1 aromatic heterocycles. The molecule has 1 aliphatic carbocycles. The lowest BCUT2D eigenvalue weighted by Gasteiger charge is -2.08. The molecule has 92 valence electrons. The fraction of sp³-hybridized carbons (Fsp3) is 0.583. The van der Waals surface area contributed by atoms with Crippen LogP contribution in [0.1, 0.15) is 48.9 Å². The van der Waals surface area contributed by atoms with E-state index in [1.807, 2.05) is 0 Å². The zero-order valence-electron chi connectivity index (χ0n) is 9.86. The molecule has 5 nitrogen and oxygen atoms in total. The van der Waals surface area contributed by atoms with Gasteiger partial charge < -0.3 is 9.72 Å². The molecular formula is C12H16N2O3. The lowest BCUT2D eigenvalue weighted by atomic mass is 10.1. The first-order valence-corrected chi connectivity index (χ1v) is 5.88. The maximum Gasteiger partial charge on any atom is 0.309 e. The average molecular weight is 236 g/mol. The molecule has 0 bridgehead atoms. The van der Waals surface area contributed by atoms with Crippen LogP contribution >= 0.6 is 0 Å². The Morgan fingerprint density at radius 2 is 2.18 bits per heavy atom. The number of ether oxygens (including phenoxy) is 1. The number of aromatic nitrogens is 2. The first-order chi connectivity index (χ1) is 8.16. The first kappa shape index (κ1) is 11.8. The van der Waals surface area contributed by atoms with E-state index in [4.69, 9.17) is 4.74 Å². The van der Waals surface area contributed by atoms with E-state index >= 15 is 0 Å². The molecule has 1 saturated carbocycles. The second kappa shape index (κ2) is 5.12. The summed E-state index contributed by atoms with van der Waals surface area (Å²) in [5.41, 5.74) is 0.654. The van der Waals surface area contributed by atoms with Crippen molar-refractivity contribution in [3.05, 3.63) is 17.7 Å². The van der Waals surface area contributed by atoms with Crippen LogP contribution in [0.2, 0.25) is 0 Å². The molecule has 0 aliphatic heterocycles. The number of esters is 1. The summed E-state index contributed by atoms with van der Waals surface area (Å²) in [5, 5.41) is 0. The van der Waals surface area contributed by atoms with Crippen LogP contribution in [0.3, 0.4) is 0 Å². The maximum absolute atomic E-state index is 11.6. The van der Waals surface area contributed by atoms with Gasteiger partial charge in [-0.2, -0.15) is 0 Å². The zero-order valence-corrected chi connectivity index (χ0v) is 9.86. The Bertz CT molecular complexity index is 419. The molecule has 0 saturated heterocycles. The van der Waals surface area contributed by atoms with E-state index in [9.17, 15) is 9.59 Å². The monoisotopic (exact) mass is 236 g/mol. The van der Waals surface area contributed by atoms with E-state index in [1.54, 1.807) is 0 Å². The van der Waals surface area contributed by atoms with Gasteiger partial charge in [0.2, 0.25) is 0 Å². The minimum Gasteiger partial charge on any atom is -0.459 e. The Morgan fingerprint density at radius 1 is 1.47 bits per heavy atom. The summed E-state index contributed by atoms with van der Waals surface area (Å²) in [6.07, 6.45) is 5.61. The first-order valence-electron chi connectivity index (χ1n) is 5.88. The predicted octanol–water partition coefficient (Wildman–Crippen LogP) is 1.85. The van der Waals surface area contributed by atoms with Gasteiger partial charge >= 0.3 is 5.97 Å². The third-order valence-electron chi connectivity index (χ3n) is 3.02. The van der Waals surface area contributed by atoms with E-state index in [0.29, 0.717) is 11.5 Å². The molecule has 0 spiro atoms. The Balaban J connectivity index is 1.84. The van der Waals surface area contributed by atoms with Crippen molar-refractivity contribution in [1.82, 2.24) is 9.97 Å². The van der Waals surface area contributed by atoms with E-state index in [0.717, 1.165) is 25.7 Å². The summed E-state index contributed by atoms with van der Waals surface area (Å²) < 4.78 is 5.18. The topological polar surface area (TPSA) is 72.0 Å². The highest BCUT2D eigenvalue weighted by Crippen LogP contribution is 2.25. The summed E-state index contributed by atoms with van der Waals surface area (Å²) >= 11 is 0. The van der Waals surface area contributed by atoms with Crippen molar-refractivity contribution < 1.29 is 14.3 Å². The molecule has 5 heteroatoms. The highest BCUT2D eigenvalue weighted by Gasteiger charge is 2.24. The predicted molar refractivity (Wildman–Crippen MR) is 60.3 cm³/mol. The minimum absolute atomic E-state index is 0.0604. The van der Waals surface area contributed by atoms with Crippen LogP contribution in [0.5, 0.6) is 0 Å². The van der Waals surface area contributed by atoms with Crippen LogP contribution in [0.15, 0.2) is 6.20 Å². The minimum atomic E-state index is -0.138. The molecule has 1 aliphatic rings. The van der Waals surface area contributed by atoms with Crippen molar-refractivity contribution in [3.8, 4) is 0 Å². The number of ketones is 1. The summed E-state index contributed by atoms with van der Waals surface area (Å²) in [6.45, 7) is 1.60. The summed E-state index contributed by atoms with van der Waals surface area (Å²) in [5.74, 6) is 0.0990. The van der Waals surface area contributed by atoms with Gasteiger partial charge in [0, 0.05) is 6.92 Å². The molecule has 17 heavy (non-hydrogen) atoms. The fourth-order valence-corrected chi connectivity index (χ4v) is 2.04. The quantitative estimate of drug-likeness (QED) is 0.639. The van der Waals surface area contributed by atoms with Gasteiger partial charge in [0.1, 0.15) is 6.61 Å². The smallest absolute Gasteiger partial charge is 0.309 e. The van der Waals surface area contributed by atoms with Crippen molar-refractivity contribution in [3.63, 3.8) is 0 Å². The van der Waals surface area contributed by atoms with Crippen LogP contribution in [-0.4, -0.2) is 21.7 Å². The van der Waals surface area contributed by atoms with E-state index < -0.39 is 0 Å². The molecule has 2 rings (SSSR count). The highest BCUT2D eigenvalue weighted by molar-refractivity contribution is 5.90. The second-order valence-electron chi connectivity index (χ2n) is 4.40. The molecule has 0 amide bonds. The van der Waals surface area contributed by atoms with Crippen LogP contribution in [0, 0.1) is 5.92 Å². The number of aromatic amines is 1. The third-order valence-corrected chi connectivity index (χ3v) is 3.02. The van der Waals surface area contributed by atoms with Gasteiger partial charge in [-0.1, -0.05) is 12.8 Å². The van der Waals surface area contributed by atoms with Gasteiger partial charge in [0.15, 0.2) is 11.6 Å². The second-order valence-corrected chi connectivity index (χ2v) is 4.40. The van der Waals surface area contributed by atoms with Gasteiger partial charge in [-0.15, -0.1) is 0 Å². The Labute approximate surface area is 99.6 Å². The zero-order chi connectivity index (χ0) is 12.3. The van der Waals surface area contributed by atoms with Crippen molar-refractivity contribution >= 4 is 11.8 Å². The number of nitrogens with one attached hydrogen (secondary N) is 1. The number of hydrogen-bond acceptors (Lipinski definition) is 4. The van der Waals surface area contributed by atoms with Crippen LogP contribution in [0.25, 0.3) is 0 Å². The summed E-state index contributed by atoms with van der Waals surface area (Å²) in [6, 6.07) is 0. The molecule has 0 aromatic carbocycles. The number of carbonyl (C=O) groups excluding carboxylic acids is 2. The number of H-pyrrole nitrogens is 1. The molecule has 1 N–H and O–H groups in total. The number of imidazole rings is 1. The SMILES string of the molecule is CC(=O)c1ncc(COC(=O)C2CCCC2)[nH]1. The fourth-order valence-electron chi connectivity index (χ4n) is 2.04. The van der Waals surface area contributed by atoms with Gasteiger partial charge in [0.25, 0.3) is 0 Å². The molecule has 0 unspecified atom stereocenters. The number of rotatable bonds is 4. The normalized spacial score (nSPS) is 16.1. The number of Topliss-reactive ketones (excluding diaryl/α,β-unsaturated/α-hetero) is 1. The van der Waals surface area contributed by atoms with E-state index in [1.165, 1.54) is 13.1 Å². The lowest BCUT2D eigenvalue weighted by molar-refractivity contribution is -0.149. The van der Waals surface area contributed by atoms with Crippen molar-refractivity contribution in [1.29, 1.82) is 0 Å². The van der Waals surface area contributed by atoms with Crippen molar-refractivity contribution in [2.45, 2.75) is 39.2 Å². The molecule has 1 heterocycles. The Morgan fingerprint density at radius 3 is 2.76 bits per heavy atom. The molecule has 0 radical (unpaired) electrons. The van der Waals surface area contributed by atoms with Crippen LogP contribution < -0.4 is 0 Å². The summed E-state index contributed by atoms with van der Waals surface area (Å²) in [7, 11) is 0. The standard InChI is InChI=1S/C12H16N2O3/c1-8(15)11-13-6-10(14-11)7-17-12(16)9-4-2-3-5-9/h6,9H,2-5,7H2,1H3,(H,13,14). The Hall–Kier alpha value is -1.65. The van der Waals surface area contributed by atoms with Gasteiger partial charge in [-0.3, -0.25) is 9.59 Å². The Kier molecular flexibility index (Phi) is 3.56. The average Bonchev–Trinajstić information content (AvgIpc) is 2.97. The molecule has 1 fully saturated rings. The van der Waals surface area contributed by atoms with Gasteiger partial charge in [-0.05, 0) is 12.8 Å². The molecular weight excluding hydrogens is 220 g/mol. The van der Waals surface area contributed by atoms with Crippen molar-refractivity contribution in [2.24, 2.45) is 5.92 Å². The largest absolute Gasteiger partial charge is 0.459 e. The van der Waals surface area contributed by atoms with Crippen LogP contribution in [-0.2, 0) is 16.1 Å². The lowest BCUT2D eigenvalue weighted by Crippen LogP contribution is -2.14. The van der Waals surface area contributed by atoms with Crippen molar-refractivity contribution in [2.75, 3.05) is 0 Å². The summed E-state index contributed by atoms with van der Waals surface area (Å²) in [4.78, 5) is 29.4. The molecule has 1 aromatic rings. The van der Waals surface area contributed by atoms with E-state index in [-0.39, 0.29) is 24.3 Å². The number of hydrogen-bond donors (Lipinski definition) is 1.